The number of aliphatic carboxylic acids is 1. The van der Waals surface area contributed by atoms with Crippen LogP contribution in [0.3, 0.4) is 0 Å². The number of carbonyl (C=O) groups excluding carboxylic acids is 1. The molecule has 0 radical (unpaired) electrons. The largest absolute Gasteiger partial charge is 0.480 e. The monoisotopic (exact) mass is 323 g/mol. The number of anilines is 1. The summed E-state index contributed by atoms with van der Waals surface area (Å²) in [5.41, 5.74) is 0.702. The predicted molar refractivity (Wildman–Crippen MR) is 91.4 cm³/mol. The molecule has 4 nitrogen and oxygen atoms in total. The summed E-state index contributed by atoms with van der Waals surface area (Å²) in [6.45, 7) is 3.99. The second-order valence-corrected chi connectivity index (χ2v) is 6.45. The fraction of sp³-hybridized carbons (Fsp3) is 0.529. The van der Waals surface area contributed by atoms with Gasteiger partial charge in [0.05, 0.1) is 5.69 Å². The van der Waals surface area contributed by atoms with Crippen molar-refractivity contribution < 1.29 is 14.7 Å². The van der Waals surface area contributed by atoms with E-state index in [1.807, 2.05) is 31.2 Å². The molecule has 22 heavy (non-hydrogen) atoms. The van der Waals surface area contributed by atoms with Crippen molar-refractivity contribution in [2.75, 3.05) is 5.32 Å². The molecule has 2 N–H and O–H groups in total. The Morgan fingerprint density at radius 3 is 2.55 bits per heavy atom. The average molecular weight is 323 g/mol. The van der Waals surface area contributed by atoms with E-state index < -0.39 is 11.2 Å². The number of hydrogen-bond donors (Lipinski definition) is 2. The summed E-state index contributed by atoms with van der Waals surface area (Å²) in [6, 6.07) is 7.37. The first-order valence-electron chi connectivity index (χ1n) is 7.86. The van der Waals surface area contributed by atoms with E-state index in [2.05, 4.69) is 12.2 Å². The molecule has 0 aliphatic carbocycles. The molecule has 0 saturated carbocycles. The Kier molecular flexibility index (Phi) is 8.67. The molecule has 0 unspecified atom stereocenters. The van der Waals surface area contributed by atoms with Gasteiger partial charge < -0.3 is 10.4 Å². The minimum Gasteiger partial charge on any atom is -0.480 e. The van der Waals surface area contributed by atoms with E-state index in [4.69, 9.17) is 5.11 Å². The smallest absolute Gasteiger partial charge is 0.316 e. The van der Waals surface area contributed by atoms with Crippen LogP contribution >= 0.6 is 11.8 Å². The minimum absolute atomic E-state index is 0.00692. The average Bonchev–Trinajstić information content (AvgIpc) is 2.50. The molecule has 0 aliphatic rings. The molecule has 0 heterocycles. The lowest BCUT2D eigenvalue weighted by molar-refractivity contribution is -0.136. The molecule has 0 fully saturated rings. The first-order valence-corrected chi connectivity index (χ1v) is 8.74. The van der Waals surface area contributed by atoms with Gasteiger partial charge >= 0.3 is 5.97 Å². The molecule has 0 spiro atoms. The van der Waals surface area contributed by atoms with Gasteiger partial charge in [-0.3, -0.25) is 9.59 Å². The quantitative estimate of drug-likeness (QED) is 0.489. The zero-order valence-electron chi connectivity index (χ0n) is 13.3. The molecule has 1 rings (SSSR count). The molecule has 122 valence electrons. The van der Waals surface area contributed by atoms with E-state index in [1.54, 1.807) is 0 Å². The maximum Gasteiger partial charge on any atom is 0.316 e. The lowest BCUT2D eigenvalue weighted by atomic mass is 10.1. The van der Waals surface area contributed by atoms with Crippen LogP contribution in [0.5, 0.6) is 0 Å². The van der Waals surface area contributed by atoms with Crippen LogP contribution in [0, 0.1) is 0 Å². The molecular formula is C17H25NO3S. The van der Waals surface area contributed by atoms with E-state index >= 15 is 0 Å². The molecular weight excluding hydrogens is 298 g/mol. The first-order chi connectivity index (χ1) is 10.6. The first kappa shape index (κ1) is 18.6. The van der Waals surface area contributed by atoms with Crippen molar-refractivity contribution >= 4 is 29.3 Å². The molecule has 0 saturated heterocycles. The summed E-state index contributed by atoms with van der Waals surface area (Å²) in [7, 11) is 0. The highest BCUT2D eigenvalue weighted by Gasteiger charge is 2.18. The topological polar surface area (TPSA) is 66.4 Å². The maximum atomic E-state index is 12.0. The van der Waals surface area contributed by atoms with Gasteiger partial charge in [-0.25, -0.2) is 0 Å². The summed E-state index contributed by atoms with van der Waals surface area (Å²) in [5.74, 6) is -0.833. The second-order valence-electron chi connectivity index (χ2n) is 5.21. The van der Waals surface area contributed by atoms with Crippen molar-refractivity contribution in [3.63, 3.8) is 0 Å². The number of hydrogen-bond acceptors (Lipinski definition) is 3. The van der Waals surface area contributed by atoms with Gasteiger partial charge in [0.2, 0.25) is 5.91 Å². The molecule has 1 aromatic carbocycles. The highest BCUT2D eigenvalue weighted by Crippen LogP contribution is 2.32. The normalized spacial score (nSPS) is 11.9. The molecule has 5 heteroatoms. The van der Waals surface area contributed by atoms with Gasteiger partial charge in [-0.2, -0.15) is 0 Å². The summed E-state index contributed by atoms with van der Waals surface area (Å²) < 4.78 is 0. The highest BCUT2D eigenvalue weighted by atomic mass is 32.2. The third-order valence-electron chi connectivity index (χ3n) is 3.33. The van der Waals surface area contributed by atoms with E-state index in [-0.39, 0.29) is 5.91 Å². The van der Waals surface area contributed by atoms with Gasteiger partial charge in [-0.05, 0) is 25.0 Å². The third-order valence-corrected chi connectivity index (χ3v) is 4.76. The van der Waals surface area contributed by atoms with Gasteiger partial charge in [0, 0.05) is 11.3 Å². The molecule has 0 bridgehead atoms. The Morgan fingerprint density at radius 1 is 1.18 bits per heavy atom. The molecule has 1 aromatic rings. The van der Waals surface area contributed by atoms with Crippen molar-refractivity contribution in [2.24, 2.45) is 0 Å². The highest BCUT2D eigenvalue weighted by molar-refractivity contribution is 8.00. The Balaban J connectivity index is 2.63. The Labute approximate surface area is 136 Å². The van der Waals surface area contributed by atoms with Gasteiger partial charge in [0.25, 0.3) is 0 Å². The number of carboxylic acid groups (broad SMARTS) is 1. The van der Waals surface area contributed by atoms with Crippen LogP contribution in [0.15, 0.2) is 29.2 Å². The molecule has 1 atom stereocenters. The number of nitrogens with one attached hydrogen (secondary N) is 1. The van der Waals surface area contributed by atoms with E-state index in [0.29, 0.717) is 18.5 Å². The van der Waals surface area contributed by atoms with Crippen molar-refractivity contribution in [3.8, 4) is 0 Å². The van der Waals surface area contributed by atoms with Crippen LogP contribution in [0.2, 0.25) is 0 Å². The van der Waals surface area contributed by atoms with E-state index in [1.165, 1.54) is 11.8 Å². The van der Waals surface area contributed by atoms with Gasteiger partial charge in [0.1, 0.15) is 5.25 Å². The van der Waals surface area contributed by atoms with Crippen LogP contribution in [0.4, 0.5) is 5.69 Å². The fourth-order valence-corrected chi connectivity index (χ4v) is 3.04. The predicted octanol–water partition coefficient (Wildman–Crippen LogP) is 4.55. The number of unbranched alkanes of at least 4 members (excludes halogenated alkanes) is 3. The summed E-state index contributed by atoms with van der Waals surface area (Å²) >= 11 is 1.28. The zero-order valence-corrected chi connectivity index (χ0v) is 14.1. The molecule has 0 aromatic heterocycles. The summed E-state index contributed by atoms with van der Waals surface area (Å²) in [4.78, 5) is 23.9. The zero-order chi connectivity index (χ0) is 16.4. The number of benzene rings is 1. The Bertz CT molecular complexity index is 491. The standard InChI is InChI=1S/C17H25NO3S/c1-3-5-6-7-12-16(19)18-13-10-8-9-11-15(13)22-14(4-2)17(20)21/h8-11,14H,3-7,12H2,1-2H3,(H,18,19)(H,20,21)/t14-/m0/s1. The number of carboxylic acids is 1. The number of para-hydroxylation sites is 1. The van der Waals surface area contributed by atoms with Crippen molar-refractivity contribution in [1.29, 1.82) is 0 Å². The number of carbonyl (C=O) groups is 2. The van der Waals surface area contributed by atoms with E-state index in [0.717, 1.165) is 30.6 Å². The summed E-state index contributed by atoms with van der Waals surface area (Å²) in [5, 5.41) is 11.6. The van der Waals surface area contributed by atoms with Crippen LogP contribution in [-0.4, -0.2) is 22.2 Å². The SMILES string of the molecule is CCCCCCC(=O)Nc1ccccc1S[C@@H](CC)C(=O)O. The summed E-state index contributed by atoms with van der Waals surface area (Å²) in [6.07, 6.45) is 5.30. The van der Waals surface area contributed by atoms with E-state index in [9.17, 15) is 9.59 Å². The number of rotatable bonds is 10. The van der Waals surface area contributed by atoms with Gasteiger partial charge in [-0.1, -0.05) is 45.2 Å². The molecule has 0 aliphatic heterocycles. The van der Waals surface area contributed by atoms with Crippen molar-refractivity contribution in [1.82, 2.24) is 0 Å². The maximum absolute atomic E-state index is 12.0. The van der Waals surface area contributed by atoms with Crippen LogP contribution in [-0.2, 0) is 9.59 Å². The van der Waals surface area contributed by atoms with Crippen LogP contribution in [0.1, 0.15) is 52.4 Å². The number of amides is 1. The van der Waals surface area contributed by atoms with Crippen LogP contribution < -0.4 is 5.32 Å². The van der Waals surface area contributed by atoms with Gasteiger partial charge in [0.15, 0.2) is 0 Å². The van der Waals surface area contributed by atoms with Crippen molar-refractivity contribution in [3.05, 3.63) is 24.3 Å². The van der Waals surface area contributed by atoms with Crippen LogP contribution in [0.25, 0.3) is 0 Å². The van der Waals surface area contributed by atoms with Crippen molar-refractivity contribution in [2.45, 2.75) is 62.5 Å². The third kappa shape index (κ3) is 6.52. The lowest BCUT2D eigenvalue weighted by Gasteiger charge is -2.14. The minimum atomic E-state index is -0.826. The Morgan fingerprint density at radius 2 is 1.91 bits per heavy atom. The fourth-order valence-electron chi connectivity index (χ4n) is 2.06. The van der Waals surface area contributed by atoms with Gasteiger partial charge in [-0.15, -0.1) is 11.8 Å². The second kappa shape index (κ2) is 10.3. The lowest BCUT2D eigenvalue weighted by Crippen LogP contribution is -2.16. The molecule has 1 amide bonds. The number of thioether (sulfide) groups is 1. The Hall–Kier alpha value is -1.49.